The van der Waals surface area contributed by atoms with Gasteiger partial charge in [-0.25, -0.2) is 19.0 Å². The fourth-order valence-electron chi connectivity index (χ4n) is 7.49. The second-order valence-corrected chi connectivity index (χ2v) is 16.5. The van der Waals surface area contributed by atoms with Crippen molar-refractivity contribution in [2.75, 3.05) is 44.6 Å². The lowest BCUT2D eigenvalue weighted by molar-refractivity contribution is -0.275. The number of nitrogens with two attached hydrogens (primary N) is 1. The molecule has 340 valence electrons. The number of hydrogen-bond donors (Lipinski definition) is 2. The van der Waals surface area contributed by atoms with E-state index in [2.05, 4.69) is 72.5 Å². The summed E-state index contributed by atoms with van der Waals surface area (Å²) in [5.74, 6) is 1.60. The van der Waals surface area contributed by atoms with Gasteiger partial charge in [-0.3, -0.25) is 0 Å². The molecule has 2 aromatic carbocycles. The lowest BCUT2D eigenvalue weighted by Gasteiger charge is -2.34. The Morgan fingerprint density at radius 3 is 1.49 bits per heavy atom. The molecule has 0 radical (unpaired) electrons. The Morgan fingerprint density at radius 1 is 0.635 bits per heavy atom. The summed E-state index contributed by atoms with van der Waals surface area (Å²) in [4.78, 5) is 13.5. The zero-order chi connectivity index (χ0) is 45.3. The van der Waals surface area contributed by atoms with Gasteiger partial charge in [0.05, 0.1) is 23.8 Å². The third-order valence-electron chi connectivity index (χ3n) is 11.1. The van der Waals surface area contributed by atoms with Crippen LogP contribution in [0.1, 0.15) is 53.4 Å². The van der Waals surface area contributed by atoms with Gasteiger partial charge >= 0.3 is 12.7 Å². The number of aromatic nitrogens is 6. The molecule has 2 fully saturated rings. The van der Waals surface area contributed by atoms with Crippen molar-refractivity contribution in [3.8, 4) is 34.0 Å². The summed E-state index contributed by atoms with van der Waals surface area (Å²) >= 11 is 5.83. The lowest BCUT2D eigenvalue weighted by atomic mass is 9.96. The van der Waals surface area contributed by atoms with E-state index in [1.165, 1.54) is 66.8 Å². The highest BCUT2D eigenvalue weighted by Gasteiger charge is 2.32. The third kappa shape index (κ3) is 13.7. The largest absolute Gasteiger partial charge is 0.573 e. The van der Waals surface area contributed by atoms with Crippen LogP contribution < -0.4 is 20.5 Å². The van der Waals surface area contributed by atoms with Crippen molar-refractivity contribution < 1.29 is 35.8 Å². The number of alkyl halides is 6. The van der Waals surface area contributed by atoms with E-state index in [1.807, 2.05) is 12.1 Å². The molecular formula is C44H53ClF6N10O2. The highest BCUT2D eigenvalue weighted by molar-refractivity contribution is 6.29. The van der Waals surface area contributed by atoms with E-state index in [-0.39, 0.29) is 11.5 Å². The van der Waals surface area contributed by atoms with Gasteiger partial charge in [-0.15, -0.1) is 31.4 Å². The summed E-state index contributed by atoms with van der Waals surface area (Å²) in [6, 6.07) is 19.5. The van der Waals surface area contributed by atoms with E-state index < -0.39 is 12.7 Å². The van der Waals surface area contributed by atoms with Crippen LogP contribution in [0.3, 0.4) is 0 Å². The van der Waals surface area contributed by atoms with Crippen molar-refractivity contribution >= 4 is 28.7 Å². The molecule has 0 unspecified atom stereocenters. The molecule has 0 saturated carbocycles. The number of likely N-dealkylation sites (tertiary alicyclic amines) is 2. The fourth-order valence-corrected chi connectivity index (χ4v) is 7.63. The van der Waals surface area contributed by atoms with Crippen molar-refractivity contribution in [2.24, 2.45) is 17.6 Å². The molecule has 2 saturated heterocycles. The molecule has 0 amide bonds. The van der Waals surface area contributed by atoms with Crippen LogP contribution in [-0.2, 0) is 0 Å². The van der Waals surface area contributed by atoms with Crippen LogP contribution in [0.4, 0.5) is 32.2 Å². The Morgan fingerprint density at radius 2 is 1.06 bits per heavy atom. The zero-order valence-corrected chi connectivity index (χ0v) is 36.3. The van der Waals surface area contributed by atoms with Crippen LogP contribution in [0.5, 0.6) is 11.5 Å². The van der Waals surface area contributed by atoms with Gasteiger partial charge in [0.25, 0.3) is 0 Å². The summed E-state index contributed by atoms with van der Waals surface area (Å²) in [5.41, 5.74) is 9.52. The van der Waals surface area contributed by atoms with Gasteiger partial charge in [0, 0.05) is 29.8 Å². The number of nitrogens with zero attached hydrogens (tertiary/aromatic N) is 8. The topological polar surface area (TPSA) is 123 Å². The average molecular weight is 903 g/mol. The van der Waals surface area contributed by atoms with E-state index in [0.29, 0.717) is 57.0 Å². The molecule has 6 heterocycles. The Hall–Kier alpha value is -5.17. The van der Waals surface area contributed by atoms with E-state index in [0.717, 1.165) is 50.8 Å². The molecule has 0 bridgehead atoms. The van der Waals surface area contributed by atoms with E-state index >= 15 is 0 Å². The quantitative estimate of drug-likeness (QED) is 0.129. The number of nitrogens with one attached hydrogen (secondary N) is 1. The number of piperidine rings is 2. The minimum absolute atomic E-state index is 0.260. The maximum atomic E-state index is 12.4. The summed E-state index contributed by atoms with van der Waals surface area (Å²) < 4.78 is 84.4. The third-order valence-corrected chi connectivity index (χ3v) is 11.3. The van der Waals surface area contributed by atoms with Crippen molar-refractivity contribution in [1.29, 1.82) is 0 Å². The van der Waals surface area contributed by atoms with Crippen molar-refractivity contribution in [3.05, 3.63) is 90.3 Å². The van der Waals surface area contributed by atoms with Crippen LogP contribution in [0.25, 0.3) is 33.8 Å². The van der Waals surface area contributed by atoms with E-state index in [4.69, 9.17) is 17.3 Å². The molecule has 6 aromatic rings. The molecule has 2 aliphatic heterocycles. The zero-order valence-electron chi connectivity index (χ0n) is 35.6. The standard InChI is InChI=1S/C22H26F3N5O.C13H7ClF3N3O.C9H20N2/c1-15(2)29-11-9-16(10-12-29)13-26-20-7-8-21-27-14-19(30(21)28-20)17-3-5-18(6-4-17)31-22(23,24)25;14-11-5-6-12-18-7-10(20(12)19-11)8-1-3-9(4-2-8)21-13(15,16)17;1-8(2)11-5-3-9(7-10)4-6-11/h3-8,14-16H,9-13H2,1-2H3,(H,26,28);1-7H;8-9H,3-7,10H2,1-2H3. The van der Waals surface area contributed by atoms with Gasteiger partial charge in [0.15, 0.2) is 11.3 Å². The van der Waals surface area contributed by atoms with Gasteiger partial charge in [-0.2, -0.15) is 5.10 Å². The van der Waals surface area contributed by atoms with Gasteiger partial charge in [-0.1, -0.05) is 11.6 Å². The first-order chi connectivity index (χ1) is 29.9. The molecule has 12 nitrogen and oxygen atoms in total. The molecule has 4 aromatic heterocycles. The van der Waals surface area contributed by atoms with Gasteiger partial charge in [0.1, 0.15) is 22.5 Å². The normalized spacial score (nSPS) is 15.9. The Balaban J connectivity index is 0.000000177. The average Bonchev–Trinajstić information content (AvgIpc) is 3.87. The van der Waals surface area contributed by atoms with Crippen LogP contribution in [0, 0.1) is 11.8 Å². The first kappa shape index (κ1) is 47.3. The second kappa shape index (κ2) is 21.0. The van der Waals surface area contributed by atoms with Crippen molar-refractivity contribution in [2.45, 2.75) is 78.2 Å². The number of halogens is 7. The first-order valence-corrected chi connectivity index (χ1v) is 21.3. The number of hydrogen-bond acceptors (Lipinski definition) is 10. The summed E-state index contributed by atoms with van der Waals surface area (Å²) in [6.07, 6.45) is -1.26. The number of rotatable bonds is 10. The Kier molecular flexibility index (Phi) is 15.8. The number of imidazole rings is 2. The molecule has 8 rings (SSSR count). The fraction of sp³-hybridized carbons (Fsp3) is 0.455. The minimum Gasteiger partial charge on any atom is -0.406 e. The Labute approximate surface area is 367 Å². The van der Waals surface area contributed by atoms with Gasteiger partial charge in [-0.05, 0) is 171 Å². The smallest absolute Gasteiger partial charge is 0.406 e. The lowest BCUT2D eigenvalue weighted by Crippen LogP contribution is -2.40. The SMILES string of the molecule is CC(C)N1CCC(CN)CC1.CC(C)N1CCC(CNc2ccc3ncc(-c4ccc(OC(F)(F)F)cc4)n3n2)CC1.FC(F)(F)Oc1ccc(-c2cnc3ccc(Cl)nn23)cc1. The van der Waals surface area contributed by atoms with Crippen LogP contribution in [0.2, 0.25) is 5.15 Å². The summed E-state index contributed by atoms with van der Waals surface area (Å²) in [7, 11) is 0. The van der Waals surface area contributed by atoms with Crippen LogP contribution in [0.15, 0.2) is 85.2 Å². The highest BCUT2D eigenvalue weighted by Crippen LogP contribution is 2.29. The predicted molar refractivity (Wildman–Crippen MR) is 232 cm³/mol. The second-order valence-electron chi connectivity index (χ2n) is 16.1. The highest BCUT2D eigenvalue weighted by atomic mass is 35.5. The van der Waals surface area contributed by atoms with Crippen LogP contribution in [-0.4, -0.2) is 103 Å². The predicted octanol–water partition coefficient (Wildman–Crippen LogP) is 9.84. The number of benzene rings is 2. The molecule has 0 atom stereocenters. The van der Waals surface area contributed by atoms with Gasteiger partial charge < -0.3 is 30.3 Å². The maximum absolute atomic E-state index is 12.4. The molecule has 3 N–H and O–H groups in total. The first-order valence-electron chi connectivity index (χ1n) is 20.9. The molecule has 0 spiro atoms. The molecule has 2 aliphatic rings. The van der Waals surface area contributed by atoms with E-state index in [9.17, 15) is 26.3 Å². The maximum Gasteiger partial charge on any atom is 0.573 e. The number of fused-ring (bicyclic) bond motifs is 2. The molecule has 63 heavy (non-hydrogen) atoms. The number of anilines is 1. The van der Waals surface area contributed by atoms with Crippen molar-refractivity contribution in [3.63, 3.8) is 0 Å². The molecular weight excluding hydrogens is 850 g/mol. The minimum atomic E-state index is -4.71. The molecule has 19 heteroatoms. The number of ether oxygens (including phenoxy) is 2. The van der Waals surface area contributed by atoms with Crippen LogP contribution >= 0.6 is 11.6 Å². The van der Waals surface area contributed by atoms with Gasteiger partial charge in [0.2, 0.25) is 0 Å². The summed E-state index contributed by atoms with van der Waals surface area (Å²) in [5, 5.41) is 12.5. The van der Waals surface area contributed by atoms with Crippen molar-refractivity contribution in [1.82, 2.24) is 39.0 Å². The monoisotopic (exact) mass is 902 g/mol. The van der Waals surface area contributed by atoms with E-state index in [1.54, 1.807) is 41.2 Å². The summed E-state index contributed by atoms with van der Waals surface area (Å²) in [6.45, 7) is 15.5. The Bertz CT molecular complexity index is 2340. The molecule has 0 aliphatic carbocycles.